The van der Waals surface area contributed by atoms with Crippen LogP contribution in [0.5, 0.6) is 0 Å². The Labute approximate surface area is 206 Å². The van der Waals surface area contributed by atoms with E-state index in [1.807, 2.05) is 36.4 Å². The number of thioether (sulfide) groups is 1. The van der Waals surface area contributed by atoms with Crippen molar-refractivity contribution >= 4 is 23.5 Å². The van der Waals surface area contributed by atoms with E-state index >= 15 is 0 Å². The van der Waals surface area contributed by atoms with E-state index in [0.717, 1.165) is 34.6 Å². The number of aliphatic hydroxyl groups is 2. The summed E-state index contributed by atoms with van der Waals surface area (Å²) in [4.78, 5) is 23.6. The lowest BCUT2D eigenvalue weighted by Crippen LogP contribution is -2.20. The molecule has 1 aliphatic rings. The van der Waals surface area contributed by atoms with Crippen LogP contribution in [0.3, 0.4) is 0 Å². The molecule has 6 heteroatoms. The number of benzene rings is 2. The minimum absolute atomic E-state index is 0.0855. The lowest BCUT2D eigenvalue weighted by Gasteiger charge is -2.18. The molecule has 2 aromatic rings. The maximum absolute atomic E-state index is 12.4. The van der Waals surface area contributed by atoms with Crippen molar-refractivity contribution in [2.24, 2.45) is 11.8 Å². The van der Waals surface area contributed by atoms with Gasteiger partial charge in [0.2, 0.25) is 0 Å². The summed E-state index contributed by atoms with van der Waals surface area (Å²) in [5.74, 6) is 1.01. The SMILES string of the molecule is COC(=O)CCCSCC[C@H]1C(=O)C[C@@H](O)[C@@H]1/C=C/[C@@H](O)Cc1cccc(-c2ccccc2)c1. The van der Waals surface area contributed by atoms with Crippen LogP contribution < -0.4 is 0 Å². The van der Waals surface area contributed by atoms with E-state index in [9.17, 15) is 19.8 Å². The first kappa shape index (κ1) is 26.2. The predicted octanol–water partition coefficient (Wildman–Crippen LogP) is 4.46. The molecule has 2 N–H and O–H groups in total. The lowest BCUT2D eigenvalue weighted by atomic mass is 9.91. The highest BCUT2D eigenvalue weighted by molar-refractivity contribution is 7.99. The molecular formula is C28H34O5S. The Morgan fingerprint density at radius 1 is 1.15 bits per heavy atom. The molecule has 182 valence electrons. The molecule has 1 saturated carbocycles. The van der Waals surface area contributed by atoms with Crippen LogP contribution in [0.25, 0.3) is 11.1 Å². The van der Waals surface area contributed by atoms with Crippen LogP contribution in [-0.4, -0.2) is 52.8 Å². The van der Waals surface area contributed by atoms with Gasteiger partial charge in [0.25, 0.3) is 0 Å². The summed E-state index contributed by atoms with van der Waals surface area (Å²) >= 11 is 1.71. The van der Waals surface area contributed by atoms with Crippen LogP contribution in [0.4, 0.5) is 0 Å². The van der Waals surface area contributed by atoms with Crippen LogP contribution in [0.2, 0.25) is 0 Å². The Hall–Kier alpha value is -2.41. The first-order chi connectivity index (χ1) is 16.5. The summed E-state index contributed by atoms with van der Waals surface area (Å²) in [6.45, 7) is 0. The number of carbonyl (C=O) groups excluding carboxylic acids is 2. The predicted molar refractivity (Wildman–Crippen MR) is 137 cm³/mol. The zero-order valence-electron chi connectivity index (χ0n) is 19.6. The Bertz CT molecular complexity index is 958. The first-order valence-electron chi connectivity index (χ1n) is 11.8. The van der Waals surface area contributed by atoms with Gasteiger partial charge in [-0.05, 0) is 41.0 Å². The molecule has 0 bridgehead atoms. The molecule has 0 amide bonds. The maximum atomic E-state index is 12.4. The van der Waals surface area contributed by atoms with E-state index in [1.165, 1.54) is 7.11 Å². The number of methoxy groups -OCH3 is 1. The van der Waals surface area contributed by atoms with Crippen molar-refractivity contribution in [3.05, 3.63) is 72.3 Å². The molecule has 4 atom stereocenters. The summed E-state index contributed by atoms with van der Waals surface area (Å²) in [5.41, 5.74) is 3.27. The first-order valence-corrected chi connectivity index (χ1v) is 13.0. The van der Waals surface area contributed by atoms with Gasteiger partial charge in [0, 0.05) is 31.1 Å². The second kappa shape index (κ2) is 13.5. The summed E-state index contributed by atoms with van der Waals surface area (Å²) in [5, 5.41) is 21.0. The van der Waals surface area contributed by atoms with E-state index in [-0.39, 0.29) is 30.0 Å². The molecule has 1 aliphatic carbocycles. The number of hydrogen-bond acceptors (Lipinski definition) is 6. The summed E-state index contributed by atoms with van der Waals surface area (Å²) in [6, 6.07) is 18.2. The Balaban J connectivity index is 1.51. The Morgan fingerprint density at radius 2 is 1.91 bits per heavy atom. The molecule has 1 fully saturated rings. The number of ether oxygens (including phenoxy) is 1. The van der Waals surface area contributed by atoms with Gasteiger partial charge in [0.1, 0.15) is 5.78 Å². The van der Waals surface area contributed by atoms with Gasteiger partial charge >= 0.3 is 5.97 Å². The van der Waals surface area contributed by atoms with Crippen molar-refractivity contribution < 1.29 is 24.5 Å². The highest BCUT2D eigenvalue weighted by Crippen LogP contribution is 2.34. The van der Waals surface area contributed by atoms with Crippen molar-refractivity contribution in [3.63, 3.8) is 0 Å². The maximum Gasteiger partial charge on any atom is 0.305 e. The molecule has 0 saturated heterocycles. The highest BCUT2D eigenvalue weighted by atomic mass is 32.2. The van der Waals surface area contributed by atoms with Crippen LogP contribution in [0, 0.1) is 11.8 Å². The molecule has 0 spiro atoms. The number of hydrogen-bond donors (Lipinski definition) is 2. The largest absolute Gasteiger partial charge is 0.469 e. The van der Waals surface area contributed by atoms with Crippen molar-refractivity contribution in [2.45, 2.75) is 44.3 Å². The van der Waals surface area contributed by atoms with Gasteiger partial charge in [-0.25, -0.2) is 0 Å². The van der Waals surface area contributed by atoms with Gasteiger partial charge in [-0.3, -0.25) is 9.59 Å². The summed E-state index contributed by atoms with van der Waals surface area (Å²) in [6.07, 6.45) is 4.63. The lowest BCUT2D eigenvalue weighted by molar-refractivity contribution is -0.140. The molecule has 0 aliphatic heterocycles. The van der Waals surface area contributed by atoms with Crippen LogP contribution in [0.15, 0.2) is 66.7 Å². The monoisotopic (exact) mass is 482 g/mol. The average Bonchev–Trinajstić information content (AvgIpc) is 3.12. The van der Waals surface area contributed by atoms with Gasteiger partial charge in [-0.2, -0.15) is 11.8 Å². The van der Waals surface area contributed by atoms with Crippen molar-refractivity contribution in [3.8, 4) is 11.1 Å². The minimum Gasteiger partial charge on any atom is -0.469 e. The molecule has 3 rings (SSSR count). The molecule has 34 heavy (non-hydrogen) atoms. The summed E-state index contributed by atoms with van der Waals surface area (Å²) < 4.78 is 4.64. The zero-order chi connectivity index (χ0) is 24.3. The average molecular weight is 483 g/mol. The standard InChI is InChI=1S/C28H34O5S/c1-33-28(32)11-6-15-34-16-14-25-24(26(30)19-27(25)31)13-12-23(29)18-20-7-5-10-22(17-20)21-8-3-2-4-9-21/h2-5,7-10,12-13,17,23-26,29-30H,6,11,14-16,18-19H2,1H3/b13-12+/t23-,24-,25-,26-/m1/s1. The number of carbonyl (C=O) groups is 2. The third-order valence-electron chi connectivity index (χ3n) is 6.24. The highest BCUT2D eigenvalue weighted by Gasteiger charge is 2.39. The Morgan fingerprint density at radius 3 is 2.68 bits per heavy atom. The van der Waals surface area contributed by atoms with Crippen LogP contribution >= 0.6 is 11.8 Å². The second-order valence-electron chi connectivity index (χ2n) is 8.73. The number of Topliss-reactive ketones (excluding diaryl/α,β-unsaturated/α-hetero) is 1. The van der Waals surface area contributed by atoms with Crippen molar-refractivity contribution in [1.82, 2.24) is 0 Å². The van der Waals surface area contributed by atoms with Gasteiger partial charge in [0.15, 0.2) is 0 Å². The molecule has 5 nitrogen and oxygen atoms in total. The van der Waals surface area contributed by atoms with E-state index in [1.54, 1.807) is 17.8 Å². The second-order valence-corrected chi connectivity index (χ2v) is 9.95. The fourth-order valence-corrected chi connectivity index (χ4v) is 5.37. The normalized spacial score (nSPS) is 21.1. The molecule has 0 aromatic heterocycles. The fourth-order valence-electron chi connectivity index (χ4n) is 4.40. The topological polar surface area (TPSA) is 83.8 Å². The molecular weight excluding hydrogens is 448 g/mol. The van der Waals surface area contributed by atoms with E-state index in [2.05, 4.69) is 29.0 Å². The van der Waals surface area contributed by atoms with Gasteiger partial charge in [0.05, 0.1) is 19.3 Å². The number of rotatable bonds is 12. The van der Waals surface area contributed by atoms with Gasteiger partial charge in [-0.15, -0.1) is 0 Å². The van der Waals surface area contributed by atoms with E-state index in [4.69, 9.17) is 0 Å². The van der Waals surface area contributed by atoms with E-state index in [0.29, 0.717) is 19.3 Å². The fraction of sp³-hybridized carbons (Fsp3) is 0.429. The summed E-state index contributed by atoms with van der Waals surface area (Å²) in [7, 11) is 1.39. The van der Waals surface area contributed by atoms with E-state index < -0.39 is 12.2 Å². The smallest absolute Gasteiger partial charge is 0.305 e. The quantitative estimate of drug-likeness (QED) is 0.264. The van der Waals surface area contributed by atoms with Crippen molar-refractivity contribution in [1.29, 1.82) is 0 Å². The Kier molecular flexibility index (Phi) is 10.4. The molecule has 2 aromatic carbocycles. The van der Waals surface area contributed by atoms with Gasteiger partial charge < -0.3 is 14.9 Å². The van der Waals surface area contributed by atoms with Crippen molar-refractivity contribution in [2.75, 3.05) is 18.6 Å². The number of aliphatic hydroxyl groups excluding tert-OH is 2. The molecule has 0 unspecified atom stereocenters. The number of ketones is 1. The van der Waals surface area contributed by atoms with Gasteiger partial charge in [-0.1, -0.05) is 66.7 Å². The minimum atomic E-state index is -0.702. The van der Waals surface area contributed by atoms with Crippen LogP contribution in [0.1, 0.15) is 31.2 Å². The zero-order valence-corrected chi connectivity index (χ0v) is 20.5. The molecule has 0 radical (unpaired) electrons. The third kappa shape index (κ3) is 7.83. The number of esters is 1. The van der Waals surface area contributed by atoms with Crippen LogP contribution in [-0.2, 0) is 20.7 Å². The molecule has 0 heterocycles. The third-order valence-corrected chi connectivity index (χ3v) is 7.34.